The van der Waals surface area contributed by atoms with Gasteiger partial charge in [-0.15, -0.1) is 0 Å². The Hall–Kier alpha value is -3.38. The van der Waals surface area contributed by atoms with E-state index < -0.39 is 23.3 Å². The van der Waals surface area contributed by atoms with E-state index in [0.717, 1.165) is 11.5 Å². The number of aromatic amines is 1. The van der Waals surface area contributed by atoms with Gasteiger partial charge in [-0.05, 0) is 23.8 Å². The van der Waals surface area contributed by atoms with Gasteiger partial charge in [-0.2, -0.15) is 9.47 Å². The first-order valence-electron chi connectivity index (χ1n) is 8.44. The average Bonchev–Trinajstić information content (AvgIpc) is 3.14. The summed E-state index contributed by atoms with van der Waals surface area (Å²) in [7, 11) is 1.47. The molecule has 2 heterocycles. The molecule has 0 radical (unpaired) electrons. The van der Waals surface area contributed by atoms with Crippen LogP contribution in [-0.2, 0) is 13.1 Å². The summed E-state index contributed by atoms with van der Waals surface area (Å²) in [4.78, 5) is 41.5. The first-order chi connectivity index (χ1) is 14.3. The molecule has 0 bridgehead atoms. The summed E-state index contributed by atoms with van der Waals surface area (Å²) in [6, 6.07) is 6.49. The summed E-state index contributed by atoms with van der Waals surface area (Å²) >= 11 is 6.64. The lowest BCUT2D eigenvalue weighted by Crippen LogP contribution is -2.32. The molecule has 0 aliphatic rings. The van der Waals surface area contributed by atoms with Crippen molar-refractivity contribution in [2.75, 3.05) is 12.4 Å². The van der Waals surface area contributed by atoms with Crippen molar-refractivity contribution in [2.45, 2.75) is 13.1 Å². The van der Waals surface area contributed by atoms with Crippen LogP contribution in [0.2, 0.25) is 5.15 Å². The van der Waals surface area contributed by atoms with Gasteiger partial charge in [0.2, 0.25) is 5.13 Å². The van der Waals surface area contributed by atoms with Crippen molar-refractivity contribution in [3.05, 3.63) is 68.6 Å². The number of urea groups is 1. The Balaban J connectivity index is 1.55. The van der Waals surface area contributed by atoms with E-state index in [1.807, 2.05) is 0 Å². The summed E-state index contributed by atoms with van der Waals surface area (Å²) in [5.74, 6) is -0.705. The lowest BCUT2D eigenvalue weighted by molar-refractivity contribution is 0.0780. The molecule has 13 heteroatoms. The van der Waals surface area contributed by atoms with E-state index in [0.29, 0.717) is 5.56 Å². The van der Waals surface area contributed by atoms with Gasteiger partial charge < -0.3 is 10.2 Å². The van der Waals surface area contributed by atoms with Crippen molar-refractivity contribution in [3.63, 3.8) is 0 Å². The van der Waals surface area contributed by atoms with E-state index in [4.69, 9.17) is 11.6 Å². The second-order valence-corrected chi connectivity index (χ2v) is 7.19. The number of halogens is 2. The van der Waals surface area contributed by atoms with Gasteiger partial charge in [-0.1, -0.05) is 23.7 Å². The monoisotopic (exact) mass is 451 g/mol. The molecular formula is C17H15ClFN7O3S. The Morgan fingerprint density at radius 1 is 1.33 bits per heavy atom. The van der Waals surface area contributed by atoms with Crippen molar-refractivity contribution >= 4 is 40.2 Å². The topological polar surface area (TPSA) is 133 Å². The molecule has 10 nitrogen and oxygen atoms in total. The quantitative estimate of drug-likeness (QED) is 0.525. The van der Waals surface area contributed by atoms with Crippen LogP contribution in [0.5, 0.6) is 0 Å². The molecule has 3 amide bonds. The lowest BCUT2D eigenvalue weighted by Gasteiger charge is -2.14. The fraction of sp³-hybridized carbons (Fsp3) is 0.176. The van der Waals surface area contributed by atoms with Crippen LogP contribution >= 0.6 is 23.1 Å². The number of carbonyl (C=O) groups excluding carboxylic acids is 2. The predicted octanol–water partition coefficient (Wildman–Crippen LogP) is 2.01. The number of amides is 3. The van der Waals surface area contributed by atoms with Crippen molar-refractivity contribution < 1.29 is 14.0 Å². The second kappa shape index (κ2) is 9.41. The van der Waals surface area contributed by atoms with Gasteiger partial charge in [0.1, 0.15) is 16.5 Å². The molecule has 2 aromatic heterocycles. The minimum atomic E-state index is -0.667. The van der Waals surface area contributed by atoms with Crippen LogP contribution in [-0.4, -0.2) is 43.4 Å². The third-order valence-electron chi connectivity index (χ3n) is 3.76. The molecule has 3 N–H and O–H groups in total. The van der Waals surface area contributed by atoms with Crippen LogP contribution in [0.15, 0.2) is 35.1 Å². The maximum Gasteiger partial charge on any atom is 0.321 e. The van der Waals surface area contributed by atoms with Gasteiger partial charge in [0.25, 0.3) is 11.5 Å². The van der Waals surface area contributed by atoms with Crippen LogP contribution in [0.1, 0.15) is 21.7 Å². The zero-order chi connectivity index (χ0) is 21.7. The molecule has 3 rings (SSSR count). The van der Waals surface area contributed by atoms with E-state index >= 15 is 0 Å². The molecule has 0 spiro atoms. The summed E-state index contributed by atoms with van der Waals surface area (Å²) in [5.41, 5.74) is -0.225. The summed E-state index contributed by atoms with van der Waals surface area (Å²) in [6.07, 6.45) is 0. The number of rotatable bonds is 6. The number of hydrogen-bond donors (Lipinski definition) is 3. The van der Waals surface area contributed by atoms with E-state index in [9.17, 15) is 18.8 Å². The fourth-order valence-electron chi connectivity index (χ4n) is 2.37. The zero-order valence-electron chi connectivity index (χ0n) is 15.5. The highest BCUT2D eigenvalue weighted by molar-refractivity contribution is 7.09. The standard InChI is InChI=1S/C17H15ClFN7O3S/c1-26(15(28)11-6-12(18)23-24-14(11)27)8-13-21-17(30-25-13)22-16(29)20-7-9-3-2-4-10(19)5-9/h2-6H,7-8H2,1H3,(H,24,27)(H2,20,21,22,25,29). The van der Waals surface area contributed by atoms with Gasteiger partial charge in [-0.25, -0.2) is 19.3 Å². The van der Waals surface area contributed by atoms with Gasteiger partial charge in [0.15, 0.2) is 5.82 Å². The SMILES string of the molecule is CN(Cc1nsc(NC(=O)NCc2cccc(F)c2)n1)C(=O)c1cc(Cl)n[nH]c1=O. The van der Waals surface area contributed by atoms with Crippen LogP contribution in [0.25, 0.3) is 0 Å². The van der Waals surface area contributed by atoms with E-state index in [-0.39, 0.29) is 34.8 Å². The molecule has 0 atom stereocenters. The highest BCUT2D eigenvalue weighted by atomic mass is 35.5. The molecule has 0 unspecified atom stereocenters. The first-order valence-corrected chi connectivity index (χ1v) is 9.59. The molecular weight excluding hydrogens is 437 g/mol. The van der Waals surface area contributed by atoms with Crippen molar-refractivity contribution in [1.82, 2.24) is 29.8 Å². The number of hydrogen-bond acceptors (Lipinski definition) is 7. The van der Waals surface area contributed by atoms with E-state index in [1.165, 1.54) is 30.1 Å². The Morgan fingerprint density at radius 2 is 2.13 bits per heavy atom. The maximum absolute atomic E-state index is 13.2. The smallest absolute Gasteiger partial charge is 0.321 e. The molecule has 1 aromatic carbocycles. The lowest BCUT2D eigenvalue weighted by atomic mass is 10.2. The minimum Gasteiger partial charge on any atom is -0.334 e. The molecule has 0 saturated heterocycles. The van der Waals surface area contributed by atoms with Crippen LogP contribution in [0.4, 0.5) is 14.3 Å². The Labute approximate surface area is 178 Å². The van der Waals surface area contributed by atoms with Crippen molar-refractivity contribution in [3.8, 4) is 0 Å². The Kier molecular flexibility index (Phi) is 6.69. The summed E-state index contributed by atoms with van der Waals surface area (Å²) in [5, 5.41) is 10.9. The number of nitrogens with zero attached hydrogens (tertiary/aromatic N) is 4. The highest BCUT2D eigenvalue weighted by Gasteiger charge is 2.18. The highest BCUT2D eigenvalue weighted by Crippen LogP contribution is 2.13. The summed E-state index contributed by atoms with van der Waals surface area (Å²) in [6.45, 7) is 0.136. The number of H-pyrrole nitrogens is 1. The van der Waals surface area contributed by atoms with Crippen LogP contribution < -0.4 is 16.2 Å². The number of anilines is 1. The van der Waals surface area contributed by atoms with Crippen molar-refractivity contribution in [2.24, 2.45) is 0 Å². The largest absolute Gasteiger partial charge is 0.334 e. The third kappa shape index (κ3) is 5.58. The van der Waals surface area contributed by atoms with Gasteiger partial charge >= 0.3 is 6.03 Å². The maximum atomic E-state index is 13.2. The number of carbonyl (C=O) groups is 2. The van der Waals surface area contributed by atoms with Gasteiger partial charge in [0, 0.05) is 25.1 Å². The molecule has 0 aliphatic heterocycles. The molecule has 30 heavy (non-hydrogen) atoms. The van der Waals surface area contributed by atoms with Gasteiger partial charge in [-0.3, -0.25) is 14.9 Å². The number of nitrogens with one attached hydrogen (secondary N) is 3. The molecule has 156 valence electrons. The average molecular weight is 452 g/mol. The Bertz CT molecular complexity index is 1140. The normalized spacial score (nSPS) is 10.5. The van der Waals surface area contributed by atoms with Crippen molar-refractivity contribution in [1.29, 1.82) is 0 Å². The number of benzene rings is 1. The Morgan fingerprint density at radius 3 is 2.90 bits per heavy atom. The van der Waals surface area contributed by atoms with E-state index in [1.54, 1.807) is 12.1 Å². The summed E-state index contributed by atoms with van der Waals surface area (Å²) < 4.78 is 17.2. The third-order valence-corrected chi connectivity index (χ3v) is 4.62. The second-order valence-electron chi connectivity index (χ2n) is 6.05. The molecule has 3 aromatic rings. The van der Waals surface area contributed by atoms with Gasteiger partial charge in [0.05, 0.1) is 6.54 Å². The fourth-order valence-corrected chi connectivity index (χ4v) is 3.10. The number of aromatic nitrogens is 4. The van der Waals surface area contributed by atoms with Crippen LogP contribution in [0, 0.1) is 5.82 Å². The molecule has 0 fully saturated rings. The molecule has 0 aliphatic carbocycles. The van der Waals surface area contributed by atoms with E-state index in [2.05, 4.69) is 30.2 Å². The predicted molar refractivity (Wildman–Crippen MR) is 108 cm³/mol. The van der Waals surface area contributed by atoms with Crippen LogP contribution in [0.3, 0.4) is 0 Å². The molecule has 0 saturated carbocycles. The zero-order valence-corrected chi connectivity index (χ0v) is 17.1. The first kappa shape index (κ1) is 21.3. The minimum absolute atomic E-state index is 0.00130.